The van der Waals surface area contributed by atoms with Gasteiger partial charge in [-0.15, -0.1) is 0 Å². The third-order valence-corrected chi connectivity index (χ3v) is 5.67. The molecule has 19 heavy (non-hydrogen) atoms. The summed E-state index contributed by atoms with van der Waals surface area (Å²) in [5.41, 5.74) is 1.51. The highest BCUT2D eigenvalue weighted by molar-refractivity contribution is 5.38. The van der Waals surface area contributed by atoms with E-state index >= 15 is 0 Å². The lowest BCUT2D eigenvalue weighted by molar-refractivity contribution is -0.125. The van der Waals surface area contributed by atoms with Gasteiger partial charge in [-0.05, 0) is 57.3 Å². The Hall–Kier alpha value is -1.02. The standard InChI is InChI=1S/C17H23NO/c1-18-11-9-14-7-4-5-10-17(14)16(18)12-13-6-2-3-8-15(13)19-17/h2-3,6,8,14,16H,4-5,7,9-12H2,1H3. The number of hydrogen-bond acceptors (Lipinski definition) is 2. The lowest BCUT2D eigenvalue weighted by atomic mass is 9.65. The Morgan fingerprint density at radius 2 is 2.11 bits per heavy atom. The highest BCUT2D eigenvalue weighted by Crippen LogP contribution is 2.49. The Balaban J connectivity index is 1.79. The molecule has 2 heterocycles. The maximum Gasteiger partial charge on any atom is 0.128 e. The minimum Gasteiger partial charge on any atom is -0.485 e. The fraction of sp³-hybridized carbons (Fsp3) is 0.647. The monoisotopic (exact) mass is 257 g/mol. The maximum atomic E-state index is 6.66. The zero-order valence-electron chi connectivity index (χ0n) is 11.8. The molecule has 2 aliphatic heterocycles. The van der Waals surface area contributed by atoms with Crippen molar-refractivity contribution in [3.05, 3.63) is 29.8 Å². The second-order valence-corrected chi connectivity index (χ2v) is 6.60. The van der Waals surface area contributed by atoms with Gasteiger partial charge in [-0.3, -0.25) is 4.90 Å². The third-order valence-electron chi connectivity index (χ3n) is 5.67. The number of rotatable bonds is 0. The van der Waals surface area contributed by atoms with Crippen molar-refractivity contribution >= 4 is 0 Å². The first-order valence-electron chi connectivity index (χ1n) is 7.77. The quantitative estimate of drug-likeness (QED) is 0.707. The average molecular weight is 257 g/mol. The number of hydrogen-bond donors (Lipinski definition) is 0. The van der Waals surface area contributed by atoms with E-state index in [1.165, 1.54) is 50.6 Å². The molecule has 1 saturated heterocycles. The molecule has 102 valence electrons. The van der Waals surface area contributed by atoms with Crippen LogP contribution in [0.15, 0.2) is 24.3 Å². The summed E-state index contributed by atoms with van der Waals surface area (Å²) in [5, 5.41) is 0. The molecule has 4 rings (SSSR count). The van der Waals surface area contributed by atoms with E-state index in [9.17, 15) is 0 Å². The molecular formula is C17H23NO. The Morgan fingerprint density at radius 1 is 1.21 bits per heavy atom. The Kier molecular flexibility index (Phi) is 2.63. The molecule has 2 nitrogen and oxygen atoms in total. The first-order valence-corrected chi connectivity index (χ1v) is 7.77. The van der Waals surface area contributed by atoms with Gasteiger partial charge in [0.2, 0.25) is 0 Å². The van der Waals surface area contributed by atoms with E-state index in [4.69, 9.17) is 4.74 Å². The van der Waals surface area contributed by atoms with Crippen LogP contribution in [0.2, 0.25) is 0 Å². The van der Waals surface area contributed by atoms with E-state index in [2.05, 4.69) is 36.2 Å². The third kappa shape index (κ3) is 1.66. The van der Waals surface area contributed by atoms with Gasteiger partial charge in [-0.2, -0.15) is 0 Å². The Bertz CT molecular complexity index is 486. The van der Waals surface area contributed by atoms with Crippen LogP contribution in [0.1, 0.15) is 37.7 Å². The van der Waals surface area contributed by atoms with E-state index in [-0.39, 0.29) is 5.60 Å². The van der Waals surface area contributed by atoms with E-state index in [1.807, 2.05) is 0 Å². The van der Waals surface area contributed by atoms with Crippen molar-refractivity contribution in [1.82, 2.24) is 4.90 Å². The molecule has 1 spiro atoms. The number of benzene rings is 1. The predicted molar refractivity (Wildman–Crippen MR) is 76.5 cm³/mol. The summed E-state index contributed by atoms with van der Waals surface area (Å²) in [6.45, 7) is 1.24. The van der Waals surface area contributed by atoms with Gasteiger partial charge in [-0.1, -0.05) is 24.6 Å². The fourth-order valence-corrected chi connectivity index (χ4v) is 4.67. The highest BCUT2D eigenvalue weighted by Gasteiger charge is 2.54. The number of fused-ring (bicyclic) bond motifs is 1. The van der Waals surface area contributed by atoms with Gasteiger partial charge in [-0.25, -0.2) is 0 Å². The minimum atomic E-state index is 0.111. The molecule has 1 aromatic carbocycles. The zero-order valence-corrected chi connectivity index (χ0v) is 11.8. The summed E-state index contributed by atoms with van der Waals surface area (Å²) in [6.07, 6.45) is 7.84. The van der Waals surface area contributed by atoms with Crippen LogP contribution in [-0.2, 0) is 6.42 Å². The number of likely N-dealkylation sites (N-methyl/N-ethyl adjacent to an activating group) is 1. The smallest absolute Gasteiger partial charge is 0.128 e. The number of piperidine rings is 1. The van der Waals surface area contributed by atoms with Crippen LogP contribution in [0.4, 0.5) is 0 Å². The van der Waals surface area contributed by atoms with Crippen LogP contribution < -0.4 is 4.74 Å². The van der Waals surface area contributed by atoms with Crippen molar-refractivity contribution in [3.8, 4) is 5.75 Å². The van der Waals surface area contributed by atoms with Crippen LogP contribution in [-0.4, -0.2) is 30.1 Å². The molecule has 1 aromatic rings. The van der Waals surface area contributed by atoms with Gasteiger partial charge >= 0.3 is 0 Å². The molecule has 0 N–H and O–H groups in total. The molecule has 3 unspecified atom stereocenters. The minimum absolute atomic E-state index is 0.111. The normalized spacial score (nSPS) is 37.7. The number of ether oxygens (including phenoxy) is 1. The van der Waals surface area contributed by atoms with Gasteiger partial charge in [0, 0.05) is 5.92 Å². The Morgan fingerprint density at radius 3 is 3.05 bits per heavy atom. The molecule has 0 aromatic heterocycles. The average Bonchev–Trinajstić information content (AvgIpc) is 2.45. The van der Waals surface area contributed by atoms with E-state index in [1.54, 1.807) is 0 Å². The molecular weight excluding hydrogens is 234 g/mol. The van der Waals surface area contributed by atoms with E-state index in [0.29, 0.717) is 6.04 Å². The summed E-state index contributed by atoms with van der Waals surface area (Å²) in [4.78, 5) is 2.55. The van der Waals surface area contributed by atoms with Crippen molar-refractivity contribution in [2.45, 2.75) is 50.2 Å². The van der Waals surface area contributed by atoms with Gasteiger partial charge < -0.3 is 4.74 Å². The second-order valence-electron chi connectivity index (χ2n) is 6.60. The van der Waals surface area contributed by atoms with Gasteiger partial charge in [0.05, 0.1) is 6.04 Å². The van der Waals surface area contributed by atoms with Crippen LogP contribution >= 0.6 is 0 Å². The summed E-state index contributed by atoms with van der Waals surface area (Å²) in [7, 11) is 2.29. The van der Waals surface area contributed by atoms with E-state index < -0.39 is 0 Å². The topological polar surface area (TPSA) is 12.5 Å². The zero-order chi connectivity index (χ0) is 12.9. The fourth-order valence-electron chi connectivity index (χ4n) is 4.67. The molecule has 2 fully saturated rings. The lowest BCUT2D eigenvalue weighted by Gasteiger charge is -2.57. The van der Waals surface area contributed by atoms with Crippen LogP contribution in [0, 0.1) is 5.92 Å². The summed E-state index contributed by atoms with van der Waals surface area (Å²) in [5.74, 6) is 1.93. The molecule has 3 aliphatic rings. The first kappa shape index (κ1) is 11.8. The molecule has 0 radical (unpaired) electrons. The van der Waals surface area contributed by atoms with Crippen LogP contribution in [0.25, 0.3) is 0 Å². The highest BCUT2D eigenvalue weighted by atomic mass is 16.5. The lowest BCUT2D eigenvalue weighted by Crippen LogP contribution is -2.66. The maximum absolute atomic E-state index is 6.66. The van der Waals surface area contributed by atoms with Crippen LogP contribution in [0.3, 0.4) is 0 Å². The van der Waals surface area contributed by atoms with Gasteiger partial charge in [0.15, 0.2) is 0 Å². The molecule has 1 aliphatic carbocycles. The van der Waals surface area contributed by atoms with Crippen molar-refractivity contribution in [2.24, 2.45) is 5.92 Å². The predicted octanol–water partition coefficient (Wildman–Crippen LogP) is 3.25. The molecule has 0 amide bonds. The van der Waals surface area contributed by atoms with Crippen molar-refractivity contribution in [2.75, 3.05) is 13.6 Å². The summed E-state index contributed by atoms with van der Waals surface area (Å²) < 4.78 is 6.66. The SMILES string of the molecule is CN1CCC2CCCCC23Oc2ccccc2CC13. The molecule has 0 bridgehead atoms. The first-order chi connectivity index (χ1) is 9.29. The second kappa shape index (κ2) is 4.24. The molecule has 1 saturated carbocycles. The largest absolute Gasteiger partial charge is 0.485 e. The number of para-hydroxylation sites is 1. The van der Waals surface area contributed by atoms with Crippen molar-refractivity contribution in [3.63, 3.8) is 0 Å². The summed E-state index contributed by atoms with van der Waals surface area (Å²) in [6, 6.07) is 9.24. The van der Waals surface area contributed by atoms with Gasteiger partial charge in [0.1, 0.15) is 11.4 Å². The Labute approximate surface area is 115 Å². The van der Waals surface area contributed by atoms with Crippen molar-refractivity contribution in [1.29, 1.82) is 0 Å². The van der Waals surface area contributed by atoms with Gasteiger partial charge in [0.25, 0.3) is 0 Å². The number of nitrogens with zero attached hydrogens (tertiary/aromatic N) is 1. The van der Waals surface area contributed by atoms with E-state index in [0.717, 1.165) is 11.7 Å². The molecule has 2 heteroatoms. The van der Waals surface area contributed by atoms with Crippen molar-refractivity contribution < 1.29 is 4.74 Å². The molecule has 3 atom stereocenters. The number of likely N-dealkylation sites (tertiary alicyclic amines) is 1. The summed E-state index contributed by atoms with van der Waals surface area (Å²) >= 11 is 0. The van der Waals surface area contributed by atoms with Crippen LogP contribution in [0.5, 0.6) is 5.75 Å².